The van der Waals surface area contributed by atoms with Crippen LogP contribution in [0.1, 0.15) is 45.7 Å². The number of nitrogens with zero attached hydrogens (tertiary/aromatic N) is 3. The number of hydrogen-bond donors (Lipinski definition) is 1. The van der Waals surface area contributed by atoms with Crippen LogP contribution in [0.3, 0.4) is 0 Å². The second-order valence-electron chi connectivity index (χ2n) is 11.3. The van der Waals surface area contributed by atoms with Crippen LogP contribution < -0.4 is 4.74 Å². The molecule has 2 aromatic heterocycles. The lowest BCUT2D eigenvalue weighted by Gasteiger charge is -2.16. The molecule has 0 bridgehead atoms. The average Bonchev–Trinajstić information content (AvgIpc) is 3.70. The topological polar surface area (TPSA) is 77.2 Å². The van der Waals surface area contributed by atoms with Crippen LogP contribution in [-0.4, -0.2) is 32.3 Å². The van der Waals surface area contributed by atoms with Gasteiger partial charge in [-0.15, -0.1) is 0 Å². The summed E-state index contributed by atoms with van der Waals surface area (Å²) in [7, 11) is 0. The number of pyridine rings is 1. The van der Waals surface area contributed by atoms with Crippen LogP contribution in [0.2, 0.25) is 0 Å². The Kier molecular flexibility index (Phi) is 7.75. The Labute approximate surface area is 252 Å². The van der Waals surface area contributed by atoms with Gasteiger partial charge in [-0.2, -0.15) is 0 Å². The van der Waals surface area contributed by atoms with E-state index in [0.717, 1.165) is 24.3 Å². The first-order valence-electron chi connectivity index (χ1n) is 14.0. The Morgan fingerprint density at radius 2 is 1.64 bits per heavy atom. The summed E-state index contributed by atoms with van der Waals surface area (Å²) in [6.07, 6.45) is 0.731. The van der Waals surface area contributed by atoms with E-state index in [2.05, 4.69) is 9.97 Å². The van der Waals surface area contributed by atoms with Gasteiger partial charge in [0.05, 0.1) is 17.8 Å². The van der Waals surface area contributed by atoms with Crippen molar-refractivity contribution < 1.29 is 41.0 Å². The summed E-state index contributed by atoms with van der Waals surface area (Å²) in [4.78, 5) is 19.8. The SMILES string of the molecule is Cc1ccc(COc2ccc(F)c(-c3cc(F)c(Cc4nc5c(F)cc(C(=O)O)cc5n4CC4(CF)CC4)cc3F)n2)c(F)c1. The minimum absolute atomic E-state index is 0.0362. The van der Waals surface area contributed by atoms with Crippen molar-refractivity contribution in [2.75, 3.05) is 6.67 Å². The molecule has 232 valence electrons. The zero-order valence-electron chi connectivity index (χ0n) is 23.8. The predicted molar refractivity (Wildman–Crippen MR) is 152 cm³/mol. The molecule has 6 rings (SSSR count). The van der Waals surface area contributed by atoms with Crippen molar-refractivity contribution in [1.29, 1.82) is 0 Å². The van der Waals surface area contributed by atoms with Crippen LogP contribution >= 0.6 is 0 Å². The quantitative estimate of drug-likeness (QED) is 0.161. The molecule has 0 radical (unpaired) electrons. The highest BCUT2D eigenvalue weighted by molar-refractivity contribution is 5.92. The van der Waals surface area contributed by atoms with Crippen molar-refractivity contribution in [3.05, 3.63) is 112 Å². The second kappa shape index (κ2) is 11.6. The van der Waals surface area contributed by atoms with E-state index in [4.69, 9.17) is 4.74 Å². The first-order chi connectivity index (χ1) is 21.5. The molecule has 5 aromatic rings. The van der Waals surface area contributed by atoms with Gasteiger partial charge in [-0.3, -0.25) is 4.39 Å². The van der Waals surface area contributed by atoms with Gasteiger partial charge in [-0.1, -0.05) is 12.1 Å². The molecular formula is C33H25F6N3O3. The molecule has 1 saturated carbocycles. The van der Waals surface area contributed by atoms with Crippen LogP contribution in [0.15, 0.2) is 54.6 Å². The van der Waals surface area contributed by atoms with Crippen LogP contribution in [0, 0.1) is 41.4 Å². The molecule has 0 spiro atoms. The maximum Gasteiger partial charge on any atom is 0.335 e. The molecule has 6 nitrogen and oxygen atoms in total. The molecule has 45 heavy (non-hydrogen) atoms. The number of carboxylic acid groups (broad SMARTS) is 1. The Hall–Kier alpha value is -4.87. The fourth-order valence-electron chi connectivity index (χ4n) is 5.20. The first kappa shape index (κ1) is 30.2. The van der Waals surface area contributed by atoms with Crippen LogP contribution in [0.4, 0.5) is 26.3 Å². The number of fused-ring (bicyclic) bond motifs is 1. The fourth-order valence-corrected chi connectivity index (χ4v) is 5.20. The molecule has 3 aromatic carbocycles. The van der Waals surface area contributed by atoms with E-state index in [-0.39, 0.29) is 59.0 Å². The summed E-state index contributed by atoms with van der Waals surface area (Å²) >= 11 is 0. The molecule has 0 atom stereocenters. The molecule has 1 aliphatic carbocycles. The van der Waals surface area contributed by atoms with Gasteiger partial charge in [0.2, 0.25) is 5.88 Å². The van der Waals surface area contributed by atoms with E-state index in [1.54, 1.807) is 13.0 Å². The van der Waals surface area contributed by atoms with Crippen LogP contribution in [-0.2, 0) is 19.6 Å². The number of halogens is 6. The third-order valence-electron chi connectivity index (χ3n) is 8.01. The van der Waals surface area contributed by atoms with Crippen molar-refractivity contribution in [2.24, 2.45) is 5.41 Å². The summed E-state index contributed by atoms with van der Waals surface area (Å²) in [5.41, 5.74) is -1.49. The molecular weight excluding hydrogens is 600 g/mol. The van der Waals surface area contributed by atoms with Crippen LogP contribution in [0.25, 0.3) is 22.3 Å². The molecule has 2 heterocycles. The van der Waals surface area contributed by atoms with Gasteiger partial charge in [0, 0.05) is 35.6 Å². The zero-order chi connectivity index (χ0) is 32.0. The van der Waals surface area contributed by atoms with Crippen LogP contribution in [0.5, 0.6) is 5.88 Å². The number of aromatic carboxylic acids is 1. The maximum atomic E-state index is 15.5. The van der Waals surface area contributed by atoms with Gasteiger partial charge in [-0.25, -0.2) is 36.7 Å². The average molecular weight is 626 g/mol. The standard InChI is InChI=1S/C33H25F6N3O3/c1-17-2-3-18(23(36)8-17)14-45-29-5-4-22(35)30(41-29)21-13-24(37)19(9-25(21)38)12-28-40-31-26(39)10-20(32(43)44)11-27(31)42(28)16-33(15-34)6-7-33/h2-5,8-11,13H,6-7,12,14-16H2,1H3,(H,43,44). The number of alkyl halides is 1. The van der Waals surface area contributed by atoms with Gasteiger partial charge >= 0.3 is 5.97 Å². The van der Waals surface area contributed by atoms with E-state index in [1.807, 2.05) is 0 Å². The van der Waals surface area contributed by atoms with E-state index >= 15 is 8.78 Å². The van der Waals surface area contributed by atoms with Gasteiger partial charge in [0.1, 0.15) is 46.9 Å². The summed E-state index contributed by atoms with van der Waals surface area (Å²) in [6, 6.07) is 10.3. The molecule has 0 amide bonds. The van der Waals surface area contributed by atoms with Gasteiger partial charge in [0.25, 0.3) is 0 Å². The van der Waals surface area contributed by atoms with Crippen molar-refractivity contribution in [3.8, 4) is 17.1 Å². The molecule has 1 fully saturated rings. The minimum Gasteiger partial charge on any atom is -0.478 e. The van der Waals surface area contributed by atoms with Crippen molar-refractivity contribution in [1.82, 2.24) is 14.5 Å². The lowest BCUT2D eigenvalue weighted by Crippen LogP contribution is -2.16. The molecule has 1 aliphatic rings. The number of imidazole rings is 1. The van der Waals surface area contributed by atoms with Gasteiger partial charge in [0.15, 0.2) is 5.82 Å². The van der Waals surface area contributed by atoms with E-state index in [0.29, 0.717) is 18.4 Å². The second-order valence-corrected chi connectivity index (χ2v) is 11.3. The first-order valence-corrected chi connectivity index (χ1v) is 14.0. The molecule has 1 N–H and O–H groups in total. The number of ether oxygens (including phenoxy) is 1. The normalized spacial score (nSPS) is 13.8. The number of aromatic nitrogens is 3. The number of carboxylic acids is 1. The summed E-state index contributed by atoms with van der Waals surface area (Å²) in [6.45, 7) is 0.850. The Morgan fingerprint density at radius 1 is 0.889 bits per heavy atom. The maximum absolute atomic E-state index is 15.5. The fraction of sp³-hybridized carbons (Fsp3) is 0.242. The lowest BCUT2D eigenvalue weighted by atomic mass is 10.0. The minimum atomic E-state index is -1.38. The molecule has 0 aliphatic heterocycles. The largest absolute Gasteiger partial charge is 0.478 e. The number of carbonyl (C=O) groups is 1. The number of hydrogen-bond acceptors (Lipinski definition) is 4. The molecule has 0 unspecified atom stereocenters. The number of aryl methyl sites for hydroxylation is 1. The lowest BCUT2D eigenvalue weighted by molar-refractivity contribution is 0.0696. The summed E-state index contributed by atoms with van der Waals surface area (Å²) in [5, 5.41) is 9.42. The number of rotatable bonds is 10. The summed E-state index contributed by atoms with van der Waals surface area (Å²) in [5.74, 6) is -5.81. The zero-order valence-corrected chi connectivity index (χ0v) is 23.8. The van der Waals surface area contributed by atoms with Crippen molar-refractivity contribution >= 4 is 17.0 Å². The Morgan fingerprint density at radius 3 is 2.33 bits per heavy atom. The predicted octanol–water partition coefficient (Wildman–Crippen LogP) is 7.72. The number of benzene rings is 3. The van der Waals surface area contributed by atoms with E-state index in [9.17, 15) is 27.5 Å². The Balaban J connectivity index is 1.33. The van der Waals surface area contributed by atoms with E-state index < -0.39 is 58.4 Å². The van der Waals surface area contributed by atoms with Crippen molar-refractivity contribution in [3.63, 3.8) is 0 Å². The monoisotopic (exact) mass is 625 g/mol. The Bertz CT molecular complexity index is 1970. The highest BCUT2D eigenvalue weighted by atomic mass is 19.1. The third kappa shape index (κ3) is 5.96. The van der Waals surface area contributed by atoms with Gasteiger partial charge in [-0.05, 0) is 67.3 Å². The highest BCUT2D eigenvalue weighted by Gasteiger charge is 2.44. The molecule has 12 heteroatoms. The van der Waals surface area contributed by atoms with Crippen molar-refractivity contribution in [2.45, 2.75) is 39.3 Å². The third-order valence-corrected chi connectivity index (χ3v) is 8.01. The smallest absolute Gasteiger partial charge is 0.335 e. The van der Waals surface area contributed by atoms with Gasteiger partial charge < -0.3 is 14.4 Å². The van der Waals surface area contributed by atoms with E-state index in [1.165, 1.54) is 28.8 Å². The highest BCUT2D eigenvalue weighted by Crippen LogP contribution is 2.48. The molecule has 0 saturated heterocycles. The summed E-state index contributed by atoms with van der Waals surface area (Å²) < 4.78 is 95.6.